The third kappa shape index (κ3) is 0.644. The maximum atomic E-state index is 11.2. The molecule has 12 heavy (non-hydrogen) atoms. The fraction of sp³-hybridized carbons (Fsp3) is 0.900. The molecule has 0 amide bonds. The number of carbonyl (C=O) groups is 1. The molecule has 0 aromatic heterocycles. The zero-order valence-electron chi connectivity index (χ0n) is 7.21. The van der Waals surface area contributed by atoms with Crippen LogP contribution in [0.3, 0.4) is 0 Å². The van der Waals surface area contributed by atoms with Gasteiger partial charge in [0.1, 0.15) is 5.60 Å². The van der Waals surface area contributed by atoms with Gasteiger partial charge >= 0.3 is 5.97 Å². The predicted octanol–water partition coefficient (Wildman–Crippen LogP) is 1.88. The number of rotatable bonds is 0. The Bertz CT molecular complexity index is 236. The monoisotopic (exact) mass is 166 g/mol. The van der Waals surface area contributed by atoms with Gasteiger partial charge in [0.25, 0.3) is 0 Å². The molecular weight excluding hydrogens is 152 g/mol. The number of hydrogen-bond acceptors (Lipinski definition) is 2. The molecule has 0 bridgehead atoms. The number of hydrogen-bond donors (Lipinski definition) is 0. The quantitative estimate of drug-likeness (QED) is 0.513. The van der Waals surface area contributed by atoms with E-state index in [1.54, 1.807) is 0 Å². The fourth-order valence-corrected chi connectivity index (χ4v) is 3.59. The molecule has 0 radical (unpaired) electrons. The van der Waals surface area contributed by atoms with Crippen molar-refractivity contribution in [1.29, 1.82) is 0 Å². The van der Waals surface area contributed by atoms with E-state index in [-0.39, 0.29) is 11.6 Å². The van der Waals surface area contributed by atoms with Gasteiger partial charge in [-0.25, -0.2) is 0 Å². The van der Waals surface area contributed by atoms with Crippen LogP contribution < -0.4 is 0 Å². The van der Waals surface area contributed by atoms with Gasteiger partial charge in [0.05, 0.1) is 6.42 Å². The minimum Gasteiger partial charge on any atom is -0.458 e. The molecule has 1 unspecified atom stereocenters. The average Bonchev–Trinajstić information content (AvgIpc) is 2.57. The van der Waals surface area contributed by atoms with E-state index in [0.717, 1.165) is 6.42 Å². The summed E-state index contributed by atoms with van der Waals surface area (Å²) in [6.07, 6.45) is 6.96. The molecular formula is C10H14O2. The van der Waals surface area contributed by atoms with Crippen LogP contribution in [0.1, 0.15) is 38.5 Å². The molecule has 1 saturated heterocycles. The maximum Gasteiger partial charge on any atom is 0.306 e. The second kappa shape index (κ2) is 2.04. The Morgan fingerprint density at radius 1 is 1.25 bits per heavy atom. The van der Waals surface area contributed by atoms with Crippen LogP contribution in [0.2, 0.25) is 0 Å². The Morgan fingerprint density at radius 3 is 3.00 bits per heavy atom. The highest BCUT2D eigenvalue weighted by molar-refractivity contribution is 5.73. The van der Waals surface area contributed by atoms with E-state index in [2.05, 4.69) is 0 Å². The first-order valence-electron chi connectivity index (χ1n) is 5.03. The van der Waals surface area contributed by atoms with Crippen LogP contribution in [0.5, 0.6) is 0 Å². The molecule has 2 aliphatic carbocycles. The highest BCUT2D eigenvalue weighted by Gasteiger charge is 2.59. The predicted molar refractivity (Wildman–Crippen MR) is 43.5 cm³/mol. The topological polar surface area (TPSA) is 26.3 Å². The average molecular weight is 166 g/mol. The highest BCUT2D eigenvalue weighted by Crippen LogP contribution is 2.57. The smallest absolute Gasteiger partial charge is 0.306 e. The highest BCUT2D eigenvalue weighted by atomic mass is 16.6. The minimum atomic E-state index is 0.0388. The van der Waals surface area contributed by atoms with Crippen molar-refractivity contribution in [1.82, 2.24) is 0 Å². The molecule has 3 rings (SSSR count). The first-order valence-corrected chi connectivity index (χ1v) is 5.03. The van der Waals surface area contributed by atoms with E-state index in [1.165, 1.54) is 25.7 Å². The summed E-state index contributed by atoms with van der Waals surface area (Å²) in [6, 6.07) is 0. The SMILES string of the molecule is O=C1C[C@H]2CCC3CCC[C@@]32O1. The maximum absolute atomic E-state index is 11.2. The van der Waals surface area contributed by atoms with Gasteiger partial charge in [0.2, 0.25) is 0 Å². The lowest BCUT2D eigenvalue weighted by Crippen LogP contribution is -2.33. The molecule has 1 aliphatic heterocycles. The molecule has 3 aliphatic rings. The lowest BCUT2D eigenvalue weighted by molar-refractivity contribution is -0.150. The second-order valence-electron chi connectivity index (χ2n) is 4.50. The normalized spacial score (nSPS) is 50.5. The van der Waals surface area contributed by atoms with Crippen molar-refractivity contribution < 1.29 is 9.53 Å². The summed E-state index contributed by atoms with van der Waals surface area (Å²) in [4.78, 5) is 11.2. The van der Waals surface area contributed by atoms with Crippen LogP contribution in [0.4, 0.5) is 0 Å². The molecule has 3 fully saturated rings. The van der Waals surface area contributed by atoms with Crippen LogP contribution in [0.25, 0.3) is 0 Å². The molecule has 1 spiro atoms. The van der Waals surface area contributed by atoms with Crippen molar-refractivity contribution in [3.63, 3.8) is 0 Å². The van der Waals surface area contributed by atoms with Crippen LogP contribution in [0.15, 0.2) is 0 Å². The van der Waals surface area contributed by atoms with E-state index < -0.39 is 0 Å². The summed E-state index contributed by atoms with van der Waals surface area (Å²) in [5.41, 5.74) is 0.0388. The molecule has 0 aromatic rings. The Balaban J connectivity index is 1.99. The van der Waals surface area contributed by atoms with Crippen LogP contribution in [-0.4, -0.2) is 11.6 Å². The number of esters is 1. The summed E-state index contributed by atoms with van der Waals surface area (Å²) in [7, 11) is 0. The van der Waals surface area contributed by atoms with Gasteiger partial charge < -0.3 is 4.74 Å². The van der Waals surface area contributed by atoms with E-state index >= 15 is 0 Å². The van der Waals surface area contributed by atoms with Crippen molar-refractivity contribution in [3.05, 3.63) is 0 Å². The molecule has 3 atom stereocenters. The summed E-state index contributed by atoms with van der Waals surface area (Å²) in [5.74, 6) is 1.36. The van der Waals surface area contributed by atoms with Crippen molar-refractivity contribution >= 4 is 5.97 Å². The Morgan fingerprint density at radius 2 is 2.08 bits per heavy atom. The van der Waals surface area contributed by atoms with Crippen molar-refractivity contribution in [3.8, 4) is 0 Å². The Hall–Kier alpha value is -0.530. The minimum absolute atomic E-state index is 0.0388. The third-order valence-corrected chi connectivity index (χ3v) is 4.08. The van der Waals surface area contributed by atoms with Crippen molar-refractivity contribution in [2.24, 2.45) is 11.8 Å². The Labute approximate surface area is 72.3 Å². The number of ether oxygens (including phenoxy) is 1. The van der Waals surface area contributed by atoms with E-state index in [1.807, 2.05) is 0 Å². The van der Waals surface area contributed by atoms with E-state index in [4.69, 9.17) is 4.74 Å². The van der Waals surface area contributed by atoms with Gasteiger partial charge in [-0.05, 0) is 38.0 Å². The number of carbonyl (C=O) groups excluding carboxylic acids is 1. The zero-order chi connectivity index (χ0) is 8.18. The molecule has 2 heteroatoms. The van der Waals surface area contributed by atoms with Crippen molar-refractivity contribution in [2.75, 3.05) is 0 Å². The fourth-order valence-electron chi connectivity index (χ4n) is 3.59. The molecule has 0 aromatic carbocycles. The van der Waals surface area contributed by atoms with E-state index in [0.29, 0.717) is 18.3 Å². The summed E-state index contributed by atoms with van der Waals surface area (Å²) in [5, 5.41) is 0. The van der Waals surface area contributed by atoms with Crippen LogP contribution in [0, 0.1) is 11.8 Å². The lowest BCUT2D eigenvalue weighted by atomic mass is 9.87. The van der Waals surface area contributed by atoms with Gasteiger partial charge in [-0.15, -0.1) is 0 Å². The van der Waals surface area contributed by atoms with Gasteiger partial charge in [-0.2, -0.15) is 0 Å². The van der Waals surface area contributed by atoms with Crippen LogP contribution in [-0.2, 0) is 9.53 Å². The molecule has 0 N–H and O–H groups in total. The molecule has 2 nitrogen and oxygen atoms in total. The van der Waals surface area contributed by atoms with Crippen LogP contribution >= 0.6 is 0 Å². The van der Waals surface area contributed by atoms with Gasteiger partial charge in [-0.1, -0.05) is 0 Å². The molecule has 2 saturated carbocycles. The van der Waals surface area contributed by atoms with Gasteiger partial charge in [-0.3, -0.25) is 4.79 Å². The lowest BCUT2D eigenvalue weighted by Gasteiger charge is -2.27. The third-order valence-electron chi connectivity index (χ3n) is 4.08. The standard InChI is InChI=1S/C10H14O2/c11-9-6-8-4-3-7-2-1-5-10(7,8)12-9/h7-8H,1-6H2/t7?,8-,10-/m1/s1. The van der Waals surface area contributed by atoms with Gasteiger partial charge in [0, 0.05) is 5.92 Å². The zero-order valence-corrected chi connectivity index (χ0v) is 7.21. The van der Waals surface area contributed by atoms with E-state index in [9.17, 15) is 4.79 Å². The summed E-state index contributed by atoms with van der Waals surface area (Å²) in [6.45, 7) is 0. The van der Waals surface area contributed by atoms with Gasteiger partial charge in [0.15, 0.2) is 0 Å². The summed E-state index contributed by atoms with van der Waals surface area (Å²) < 4.78 is 5.56. The molecule has 1 heterocycles. The first-order chi connectivity index (χ1) is 5.81. The second-order valence-corrected chi connectivity index (χ2v) is 4.50. The first kappa shape index (κ1) is 6.93. The molecule has 66 valence electrons. The summed E-state index contributed by atoms with van der Waals surface area (Å²) >= 11 is 0. The largest absolute Gasteiger partial charge is 0.458 e. The Kier molecular flexibility index (Phi) is 1.18. The van der Waals surface area contributed by atoms with Crippen molar-refractivity contribution in [2.45, 2.75) is 44.1 Å².